The first kappa shape index (κ1) is 15.0. The molecule has 1 N–H and O–H groups in total. The van der Waals surface area contributed by atoms with Crippen molar-refractivity contribution < 1.29 is 4.79 Å². The molecule has 2 aromatic carbocycles. The van der Waals surface area contributed by atoms with E-state index in [4.69, 9.17) is 0 Å². The number of carbonyl (C=O) groups is 1. The summed E-state index contributed by atoms with van der Waals surface area (Å²) >= 11 is 0. The van der Waals surface area contributed by atoms with E-state index in [9.17, 15) is 4.79 Å². The van der Waals surface area contributed by atoms with Gasteiger partial charge in [-0.25, -0.2) is 5.43 Å². The van der Waals surface area contributed by atoms with Crippen LogP contribution in [0.2, 0.25) is 0 Å². The van der Waals surface area contributed by atoms with Crippen LogP contribution in [-0.4, -0.2) is 16.7 Å². The van der Waals surface area contributed by atoms with Gasteiger partial charge in [0.05, 0.1) is 6.21 Å². The second-order valence-electron chi connectivity index (χ2n) is 5.64. The lowest BCUT2D eigenvalue weighted by Crippen LogP contribution is -2.17. The van der Waals surface area contributed by atoms with Gasteiger partial charge in [-0.2, -0.15) is 5.10 Å². The summed E-state index contributed by atoms with van der Waals surface area (Å²) < 4.78 is 2.12. The average Bonchev–Trinajstić information content (AvgIpc) is 2.81. The maximum atomic E-state index is 12.1. The lowest BCUT2D eigenvalue weighted by atomic mass is 10.1. The third kappa shape index (κ3) is 2.88. The Hall–Kier alpha value is -2.88. The predicted octanol–water partition coefficient (Wildman–Crippen LogP) is 3.56. The molecule has 3 aromatic rings. The second-order valence-corrected chi connectivity index (χ2v) is 5.64. The van der Waals surface area contributed by atoms with E-state index in [1.165, 1.54) is 0 Å². The Labute approximate surface area is 135 Å². The predicted molar refractivity (Wildman–Crippen MR) is 93.9 cm³/mol. The van der Waals surface area contributed by atoms with E-state index in [-0.39, 0.29) is 5.91 Å². The molecule has 0 spiro atoms. The lowest BCUT2D eigenvalue weighted by molar-refractivity contribution is 0.0955. The summed E-state index contributed by atoms with van der Waals surface area (Å²) in [6.07, 6.45) is 1.71. The van der Waals surface area contributed by atoms with Crippen LogP contribution in [-0.2, 0) is 7.05 Å². The van der Waals surface area contributed by atoms with Crippen LogP contribution in [0.3, 0.4) is 0 Å². The molecule has 0 aliphatic rings. The van der Waals surface area contributed by atoms with Gasteiger partial charge in [0.15, 0.2) is 0 Å². The van der Waals surface area contributed by atoms with Gasteiger partial charge in [-0.15, -0.1) is 0 Å². The topological polar surface area (TPSA) is 46.4 Å². The van der Waals surface area contributed by atoms with Crippen LogP contribution in [0, 0.1) is 13.8 Å². The summed E-state index contributed by atoms with van der Waals surface area (Å²) in [6.45, 7) is 4.03. The van der Waals surface area contributed by atoms with Crippen molar-refractivity contribution in [2.24, 2.45) is 12.1 Å². The number of rotatable bonds is 3. The molecular weight excluding hydrogens is 286 g/mol. The molecular formula is C19H19N3O. The molecule has 3 rings (SSSR count). The molecule has 0 bridgehead atoms. The Balaban J connectivity index is 1.82. The van der Waals surface area contributed by atoms with Crippen molar-refractivity contribution in [2.75, 3.05) is 0 Å². The van der Waals surface area contributed by atoms with Gasteiger partial charge in [-0.3, -0.25) is 4.79 Å². The maximum Gasteiger partial charge on any atom is 0.271 e. The quantitative estimate of drug-likeness (QED) is 0.583. The number of nitrogens with zero attached hydrogens (tertiary/aromatic N) is 2. The molecule has 0 aliphatic carbocycles. The summed E-state index contributed by atoms with van der Waals surface area (Å²) in [6, 6.07) is 15.6. The monoisotopic (exact) mass is 305 g/mol. The Bertz CT molecular complexity index is 889. The smallest absolute Gasteiger partial charge is 0.271 e. The highest BCUT2D eigenvalue weighted by Crippen LogP contribution is 2.22. The van der Waals surface area contributed by atoms with E-state index in [2.05, 4.69) is 27.2 Å². The van der Waals surface area contributed by atoms with Gasteiger partial charge in [0.1, 0.15) is 0 Å². The van der Waals surface area contributed by atoms with Gasteiger partial charge in [0, 0.05) is 34.8 Å². The van der Waals surface area contributed by atoms with Crippen LogP contribution in [0.1, 0.15) is 27.2 Å². The molecule has 0 unspecified atom stereocenters. The summed E-state index contributed by atoms with van der Waals surface area (Å²) in [7, 11) is 2.03. The Morgan fingerprint density at radius 3 is 2.52 bits per heavy atom. The Kier molecular flexibility index (Phi) is 3.98. The third-order valence-corrected chi connectivity index (χ3v) is 4.12. The van der Waals surface area contributed by atoms with E-state index in [0.29, 0.717) is 5.56 Å². The van der Waals surface area contributed by atoms with E-state index < -0.39 is 0 Å². The number of hydrazone groups is 1. The zero-order valence-electron chi connectivity index (χ0n) is 13.5. The Morgan fingerprint density at radius 1 is 1.09 bits per heavy atom. The first-order valence-electron chi connectivity index (χ1n) is 7.52. The summed E-state index contributed by atoms with van der Waals surface area (Å²) in [5.74, 6) is -0.209. The van der Waals surface area contributed by atoms with Crippen molar-refractivity contribution >= 4 is 23.0 Å². The van der Waals surface area contributed by atoms with Crippen LogP contribution >= 0.6 is 0 Å². The van der Waals surface area contributed by atoms with Gasteiger partial charge in [-0.05, 0) is 32.0 Å². The molecule has 0 radical (unpaired) electrons. The first-order valence-corrected chi connectivity index (χ1v) is 7.52. The molecule has 0 saturated carbocycles. The van der Waals surface area contributed by atoms with Crippen LogP contribution in [0.4, 0.5) is 0 Å². The fourth-order valence-corrected chi connectivity index (χ4v) is 2.64. The van der Waals surface area contributed by atoms with Crippen molar-refractivity contribution in [3.63, 3.8) is 0 Å². The fourth-order valence-electron chi connectivity index (χ4n) is 2.64. The number of amides is 1. The summed E-state index contributed by atoms with van der Waals surface area (Å²) in [5, 5.41) is 5.25. The first-order chi connectivity index (χ1) is 11.1. The van der Waals surface area contributed by atoms with E-state index in [1.54, 1.807) is 18.3 Å². The minimum absolute atomic E-state index is 0.209. The number of hydrogen-bond acceptors (Lipinski definition) is 2. The highest BCUT2D eigenvalue weighted by Gasteiger charge is 2.09. The SMILES string of the molecule is Cc1ccc(C(=O)N/N=C/c2c(C)n(C)c3ccccc23)cc1. The van der Waals surface area contributed by atoms with E-state index in [0.717, 1.165) is 27.7 Å². The van der Waals surface area contributed by atoms with Gasteiger partial charge < -0.3 is 4.57 Å². The van der Waals surface area contributed by atoms with Crippen molar-refractivity contribution in [1.29, 1.82) is 0 Å². The molecule has 0 fully saturated rings. The maximum absolute atomic E-state index is 12.1. The van der Waals surface area contributed by atoms with E-state index >= 15 is 0 Å². The average molecular weight is 305 g/mol. The highest BCUT2D eigenvalue weighted by molar-refractivity contribution is 6.02. The number of para-hydroxylation sites is 1. The highest BCUT2D eigenvalue weighted by atomic mass is 16.2. The fraction of sp³-hybridized carbons (Fsp3) is 0.158. The number of hydrogen-bond donors (Lipinski definition) is 1. The van der Waals surface area contributed by atoms with Crippen LogP contribution < -0.4 is 5.43 Å². The molecule has 0 aliphatic heterocycles. The lowest BCUT2D eigenvalue weighted by Gasteiger charge is -2.00. The summed E-state index contributed by atoms with van der Waals surface area (Å²) in [5.41, 5.74) is 7.59. The van der Waals surface area contributed by atoms with Crippen molar-refractivity contribution in [1.82, 2.24) is 9.99 Å². The van der Waals surface area contributed by atoms with Crippen LogP contribution in [0.15, 0.2) is 53.6 Å². The third-order valence-electron chi connectivity index (χ3n) is 4.12. The van der Waals surface area contributed by atoms with E-state index in [1.807, 2.05) is 45.2 Å². The van der Waals surface area contributed by atoms with Crippen LogP contribution in [0.25, 0.3) is 10.9 Å². The number of fused-ring (bicyclic) bond motifs is 1. The molecule has 1 aromatic heterocycles. The Morgan fingerprint density at radius 2 is 1.78 bits per heavy atom. The van der Waals surface area contributed by atoms with Gasteiger partial charge >= 0.3 is 0 Å². The van der Waals surface area contributed by atoms with Crippen molar-refractivity contribution in [2.45, 2.75) is 13.8 Å². The number of aryl methyl sites for hydroxylation is 2. The van der Waals surface area contributed by atoms with Crippen LogP contribution in [0.5, 0.6) is 0 Å². The minimum Gasteiger partial charge on any atom is -0.347 e. The normalized spacial score (nSPS) is 11.3. The van der Waals surface area contributed by atoms with Gasteiger partial charge in [-0.1, -0.05) is 35.9 Å². The van der Waals surface area contributed by atoms with Gasteiger partial charge in [0.2, 0.25) is 0 Å². The molecule has 0 saturated heterocycles. The molecule has 116 valence electrons. The molecule has 0 atom stereocenters. The standard InChI is InChI=1S/C19H19N3O/c1-13-8-10-15(11-9-13)19(23)21-20-12-17-14(2)22(3)18-7-5-4-6-16(17)18/h4-12H,1-3H3,(H,21,23)/b20-12+. The zero-order valence-corrected chi connectivity index (χ0v) is 13.5. The second kappa shape index (κ2) is 6.08. The molecule has 4 nitrogen and oxygen atoms in total. The van der Waals surface area contributed by atoms with Crippen molar-refractivity contribution in [3.8, 4) is 0 Å². The largest absolute Gasteiger partial charge is 0.347 e. The number of benzene rings is 2. The molecule has 1 amide bonds. The number of carbonyl (C=O) groups excluding carboxylic acids is 1. The number of nitrogens with one attached hydrogen (secondary N) is 1. The molecule has 1 heterocycles. The minimum atomic E-state index is -0.209. The van der Waals surface area contributed by atoms with Crippen molar-refractivity contribution in [3.05, 3.63) is 70.9 Å². The number of aromatic nitrogens is 1. The molecule has 23 heavy (non-hydrogen) atoms. The zero-order chi connectivity index (χ0) is 16.4. The summed E-state index contributed by atoms with van der Waals surface area (Å²) in [4.78, 5) is 12.1. The molecule has 4 heteroatoms. The van der Waals surface area contributed by atoms with Gasteiger partial charge in [0.25, 0.3) is 5.91 Å².